The van der Waals surface area contributed by atoms with Gasteiger partial charge in [0.1, 0.15) is 11.5 Å². The van der Waals surface area contributed by atoms with Crippen LogP contribution in [-0.2, 0) is 6.54 Å². The van der Waals surface area contributed by atoms with Crippen molar-refractivity contribution in [3.05, 3.63) is 60.2 Å². The summed E-state index contributed by atoms with van der Waals surface area (Å²) in [6, 6.07) is 16.5. The lowest BCUT2D eigenvalue weighted by molar-refractivity contribution is 0.347. The molecule has 8 nitrogen and oxygen atoms in total. The van der Waals surface area contributed by atoms with E-state index in [0.29, 0.717) is 24.1 Å². The van der Waals surface area contributed by atoms with Gasteiger partial charge in [0.15, 0.2) is 0 Å². The van der Waals surface area contributed by atoms with Gasteiger partial charge >= 0.3 is 6.01 Å². The van der Waals surface area contributed by atoms with Crippen molar-refractivity contribution in [1.82, 2.24) is 9.97 Å². The number of aromatic nitrogens is 2. The first kappa shape index (κ1) is 19.1. The normalized spacial score (nSPS) is 10.7. The van der Waals surface area contributed by atoms with Gasteiger partial charge in [-0.15, -0.1) is 0 Å². The largest absolute Gasteiger partial charge is 0.497 e. The molecule has 144 valence electrons. The van der Waals surface area contributed by atoms with Crippen molar-refractivity contribution < 1.29 is 18.9 Å². The molecule has 0 amide bonds. The molecule has 0 aliphatic carbocycles. The van der Waals surface area contributed by atoms with Crippen LogP contribution in [-0.4, -0.2) is 31.3 Å². The van der Waals surface area contributed by atoms with E-state index in [0.717, 1.165) is 17.0 Å². The molecule has 0 atom stereocenters. The van der Waals surface area contributed by atoms with E-state index in [2.05, 4.69) is 20.2 Å². The summed E-state index contributed by atoms with van der Waals surface area (Å²) >= 11 is 0. The molecule has 0 aliphatic rings. The summed E-state index contributed by atoms with van der Waals surface area (Å²) in [5.41, 5.74) is 1.57. The topological polar surface area (TPSA) is 87.4 Å². The fraction of sp³-hybridized carbons (Fsp3) is 0.200. The first-order valence-electron chi connectivity index (χ1n) is 8.46. The molecule has 3 rings (SSSR count). The predicted octanol–water partition coefficient (Wildman–Crippen LogP) is 4.58. The summed E-state index contributed by atoms with van der Waals surface area (Å²) < 4.78 is 21.2. The number of methoxy groups -OCH3 is 3. The van der Waals surface area contributed by atoms with Gasteiger partial charge in [0.25, 0.3) is 0 Å². The lowest BCUT2D eigenvalue weighted by atomic mass is 10.2. The van der Waals surface area contributed by atoms with Crippen LogP contribution in [0.3, 0.4) is 0 Å². The maximum Gasteiger partial charge on any atom is 0.328 e. The maximum atomic E-state index is 5.83. The van der Waals surface area contributed by atoms with Crippen molar-refractivity contribution in [2.75, 3.05) is 21.3 Å². The molecule has 8 heteroatoms. The average molecular weight is 380 g/mol. The van der Waals surface area contributed by atoms with Gasteiger partial charge in [-0.2, -0.15) is 20.2 Å². The van der Waals surface area contributed by atoms with Crippen LogP contribution in [0.25, 0.3) is 0 Å². The minimum atomic E-state index is 0.121. The Balaban J connectivity index is 1.75. The molecular weight excluding hydrogens is 360 g/mol. The lowest BCUT2D eigenvalue weighted by Gasteiger charge is -2.10. The van der Waals surface area contributed by atoms with E-state index < -0.39 is 0 Å². The molecule has 3 aromatic rings. The molecule has 1 aromatic heterocycles. The average Bonchev–Trinajstić information content (AvgIpc) is 2.75. The van der Waals surface area contributed by atoms with E-state index in [1.165, 1.54) is 14.2 Å². The second kappa shape index (κ2) is 9.31. The third kappa shape index (κ3) is 4.94. The van der Waals surface area contributed by atoms with Crippen LogP contribution in [0.1, 0.15) is 5.56 Å². The third-order valence-corrected chi connectivity index (χ3v) is 3.75. The van der Waals surface area contributed by atoms with E-state index in [1.54, 1.807) is 13.2 Å². The molecule has 0 aliphatic heterocycles. The zero-order valence-electron chi connectivity index (χ0n) is 15.8. The van der Waals surface area contributed by atoms with Gasteiger partial charge in [-0.25, -0.2) is 0 Å². The Labute approximate surface area is 162 Å². The summed E-state index contributed by atoms with van der Waals surface area (Å²) in [5, 5.41) is 8.47. The predicted molar refractivity (Wildman–Crippen MR) is 103 cm³/mol. The van der Waals surface area contributed by atoms with Gasteiger partial charge in [-0.05, 0) is 30.3 Å². The highest BCUT2D eigenvalue weighted by atomic mass is 16.5. The van der Waals surface area contributed by atoms with Gasteiger partial charge in [-0.3, -0.25) is 0 Å². The number of ether oxygens (including phenoxy) is 4. The van der Waals surface area contributed by atoms with Gasteiger partial charge < -0.3 is 18.9 Å². The van der Waals surface area contributed by atoms with Gasteiger partial charge in [0.05, 0.1) is 39.6 Å². The van der Waals surface area contributed by atoms with Crippen LogP contribution in [0.2, 0.25) is 0 Å². The number of hydrogen-bond donors (Lipinski definition) is 0. The zero-order valence-corrected chi connectivity index (χ0v) is 15.8. The fourth-order valence-electron chi connectivity index (χ4n) is 2.31. The van der Waals surface area contributed by atoms with Gasteiger partial charge in [-0.1, -0.05) is 18.2 Å². The second-order valence-electron chi connectivity index (χ2n) is 5.54. The maximum absolute atomic E-state index is 5.83. The molecular formula is C20H20N4O4. The van der Waals surface area contributed by atoms with Crippen LogP contribution in [0.15, 0.2) is 64.8 Å². The van der Waals surface area contributed by atoms with E-state index >= 15 is 0 Å². The van der Waals surface area contributed by atoms with Crippen LogP contribution in [0.5, 0.6) is 29.3 Å². The fourth-order valence-corrected chi connectivity index (χ4v) is 2.31. The quantitative estimate of drug-likeness (QED) is 0.532. The van der Waals surface area contributed by atoms with Gasteiger partial charge in [0, 0.05) is 5.56 Å². The Bertz CT molecular complexity index is 923. The second-order valence-corrected chi connectivity index (χ2v) is 5.54. The van der Waals surface area contributed by atoms with Crippen LogP contribution < -0.4 is 18.9 Å². The highest BCUT2D eigenvalue weighted by Crippen LogP contribution is 2.27. The molecule has 0 unspecified atom stereocenters. The molecule has 0 fully saturated rings. The van der Waals surface area contributed by atoms with Crippen molar-refractivity contribution in [2.45, 2.75) is 6.54 Å². The highest BCUT2D eigenvalue weighted by Gasteiger charge is 2.10. The Hall–Kier alpha value is -3.68. The Kier molecular flexibility index (Phi) is 6.35. The minimum absolute atomic E-state index is 0.121. The summed E-state index contributed by atoms with van der Waals surface area (Å²) in [4.78, 5) is 8.36. The minimum Gasteiger partial charge on any atom is -0.497 e. The standard InChI is InChI=1S/C20H20N4O4/c1-25-16-10-8-15(9-11-16)24-21-13-14-6-4-5-7-17(14)28-20-22-18(26-2)12-19(23-20)27-3/h4-12H,13H2,1-3H3. The van der Waals surface area contributed by atoms with Crippen molar-refractivity contribution >= 4 is 5.69 Å². The van der Waals surface area contributed by atoms with Gasteiger partial charge in [0.2, 0.25) is 11.8 Å². The molecule has 0 spiro atoms. The summed E-state index contributed by atoms with van der Waals surface area (Å²) in [5.74, 6) is 2.04. The first-order valence-corrected chi connectivity index (χ1v) is 8.46. The van der Waals surface area contributed by atoms with Crippen molar-refractivity contribution in [1.29, 1.82) is 0 Å². The molecule has 0 radical (unpaired) electrons. The number of nitrogens with zero attached hydrogens (tertiary/aromatic N) is 4. The molecule has 28 heavy (non-hydrogen) atoms. The first-order chi connectivity index (χ1) is 13.7. The van der Waals surface area contributed by atoms with E-state index in [-0.39, 0.29) is 6.01 Å². The Morgan fingerprint density at radius 1 is 0.821 bits per heavy atom. The SMILES string of the molecule is COc1ccc(N=NCc2ccccc2Oc2nc(OC)cc(OC)n2)cc1. The molecule has 0 saturated carbocycles. The molecule has 0 saturated heterocycles. The lowest BCUT2D eigenvalue weighted by Crippen LogP contribution is -1.99. The van der Waals surface area contributed by atoms with Crippen molar-refractivity contribution in [2.24, 2.45) is 10.2 Å². The van der Waals surface area contributed by atoms with Crippen molar-refractivity contribution in [3.8, 4) is 29.3 Å². The molecule has 2 aromatic carbocycles. The number of hydrogen-bond acceptors (Lipinski definition) is 8. The zero-order chi connectivity index (χ0) is 19.8. The third-order valence-electron chi connectivity index (χ3n) is 3.75. The summed E-state index contributed by atoms with van der Waals surface area (Å²) in [6.07, 6.45) is 0. The van der Waals surface area contributed by atoms with E-state index in [4.69, 9.17) is 18.9 Å². The van der Waals surface area contributed by atoms with Crippen LogP contribution >= 0.6 is 0 Å². The van der Waals surface area contributed by atoms with Crippen LogP contribution in [0.4, 0.5) is 5.69 Å². The number of rotatable bonds is 8. The smallest absolute Gasteiger partial charge is 0.328 e. The monoisotopic (exact) mass is 380 g/mol. The highest BCUT2D eigenvalue weighted by molar-refractivity contribution is 5.41. The number of azo groups is 1. The molecule has 1 heterocycles. The molecule has 0 bridgehead atoms. The van der Waals surface area contributed by atoms with E-state index in [1.807, 2.05) is 48.5 Å². The summed E-state index contributed by atoms with van der Waals surface area (Å²) in [6.45, 7) is 0.337. The number of para-hydroxylation sites is 1. The van der Waals surface area contributed by atoms with E-state index in [9.17, 15) is 0 Å². The Morgan fingerprint density at radius 2 is 1.50 bits per heavy atom. The van der Waals surface area contributed by atoms with Crippen LogP contribution in [0, 0.1) is 0 Å². The van der Waals surface area contributed by atoms with Crippen molar-refractivity contribution in [3.63, 3.8) is 0 Å². The summed E-state index contributed by atoms with van der Waals surface area (Å²) in [7, 11) is 4.65. The Morgan fingerprint density at radius 3 is 2.14 bits per heavy atom. The number of benzene rings is 2. The molecule has 0 N–H and O–H groups in total.